The van der Waals surface area contributed by atoms with Crippen molar-refractivity contribution < 1.29 is 32.7 Å². The summed E-state index contributed by atoms with van der Waals surface area (Å²) in [6, 6.07) is 18.8. The average molecular weight is 732 g/mol. The van der Waals surface area contributed by atoms with Crippen molar-refractivity contribution >= 4 is 17.1 Å². The molecule has 2 aromatic rings. The minimum atomic E-state index is 0. The van der Waals surface area contributed by atoms with Crippen LogP contribution in [0.3, 0.4) is 0 Å². The van der Waals surface area contributed by atoms with Crippen molar-refractivity contribution in [3.63, 3.8) is 0 Å². The van der Waals surface area contributed by atoms with Gasteiger partial charge in [-0.2, -0.15) is 11.7 Å². The molecule has 0 atom stereocenters. The molecule has 0 aliphatic carbocycles. The smallest absolute Gasteiger partial charge is 0.0674 e. The summed E-state index contributed by atoms with van der Waals surface area (Å²) in [4.78, 5) is 2.24. The van der Waals surface area contributed by atoms with E-state index in [0.717, 1.165) is 73.4 Å². The Labute approximate surface area is 320 Å². The van der Waals surface area contributed by atoms with Crippen molar-refractivity contribution in [3.8, 4) is 6.07 Å². The molecule has 0 bridgehead atoms. The van der Waals surface area contributed by atoms with E-state index in [1.54, 1.807) is 0 Å². The number of hydrogen-bond donors (Lipinski definition) is 3. The van der Waals surface area contributed by atoms with Crippen LogP contribution >= 0.6 is 0 Å². The van der Waals surface area contributed by atoms with Crippen molar-refractivity contribution in [1.29, 1.82) is 5.26 Å². The van der Waals surface area contributed by atoms with Gasteiger partial charge in [-0.05, 0) is 68.3 Å². The van der Waals surface area contributed by atoms with E-state index in [1.165, 1.54) is 18.4 Å². The molecule has 3 rings (SSSR count). The number of nitrogens with one attached hydrogen (secondary N) is 3. The van der Waals surface area contributed by atoms with Crippen molar-refractivity contribution in [2.24, 2.45) is 16.6 Å². The monoisotopic (exact) mass is 731 g/mol. The molecule has 1 heterocycles. The van der Waals surface area contributed by atoms with Crippen LogP contribution in [0.4, 0.5) is 5.69 Å². The molecule has 1 aliphatic heterocycles. The molecule has 7 heteroatoms. The normalized spacial score (nSPS) is 13.4. The van der Waals surface area contributed by atoms with E-state index >= 15 is 0 Å². The maximum absolute atomic E-state index is 8.67. The third kappa shape index (κ3) is 19.5. The van der Waals surface area contributed by atoms with Crippen LogP contribution in [0.1, 0.15) is 103 Å². The fourth-order valence-electron chi connectivity index (χ4n) is 4.91. The van der Waals surface area contributed by atoms with Crippen molar-refractivity contribution in [3.05, 3.63) is 103 Å². The second-order valence-electron chi connectivity index (χ2n) is 13.5. The predicted molar refractivity (Wildman–Crippen MR) is 209 cm³/mol. The number of hydrogen-bond acceptors (Lipinski definition) is 5. The molecule has 1 radical (unpaired) electrons. The minimum Gasteiger partial charge on any atom is -0.676 e. The summed E-state index contributed by atoms with van der Waals surface area (Å²) in [7, 11) is 4.03. The van der Waals surface area contributed by atoms with Crippen molar-refractivity contribution in [1.82, 2.24) is 10.6 Å². The van der Waals surface area contributed by atoms with Crippen LogP contribution in [0, 0.1) is 29.1 Å². The maximum Gasteiger partial charge on any atom is 0.0674 e. The molecular formula is C41H66N6Y-2. The van der Waals surface area contributed by atoms with Gasteiger partial charge in [0.2, 0.25) is 0 Å². The van der Waals surface area contributed by atoms with Gasteiger partial charge in [0.15, 0.2) is 0 Å². The van der Waals surface area contributed by atoms with Crippen LogP contribution in [0.2, 0.25) is 0 Å². The number of benzene rings is 2. The molecule has 48 heavy (non-hydrogen) atoms. The van der Waals surface area contributed by atoms with Crippen LogP contribution in [-0.4, -0.2) is 33.7 Å². The Balaban J connectivity index is 0. The van der Waals surface area contributed by atoms with Gasteiger partial charge in [-0.15, -0.1) is 19.7 Å². The quantitative estimate of drug-likeness (QED) is 0.102. The van der Waals surface area contributed by atoms with Gasteiger partial charge in [0.25, 0.3) is 0 Å². The van der Waals surface area contributed by atoms with E-state index in [1.807, 2.05) is 43.5 Å². The first kappa shape index (κ1) is 47.7. The fourth-order valence-corrected chi connectivity index (χ4v) is 4.91. The van der Waals surface area contributed by atoms with Gasteiger partial charge in [0, 0.05) is 69.5 Å². The third-order valence-corrected chi connectivity index (χ3v) is 7.93. The Morgan fingerprint density at radius 2 is 1.60 bits per heavy atom. The van der Waals surface area contributed by atoms with Gasteiger partial charge in [-0.1, -0.05) is 102 Å². The van der Waals surface area contributed by atoms with Crippen LogP contribution < -0.4 is 21.3 Å². The summed E-state index contributed by atoms with van der Waals surface area (Å²) >= 11 is 0. The maximum atomic E-state index is 8.67. The molecule has 0 spiro atoms. The summed E-state index contributed by atoms with van der Waals surface area (Å²) in [6.45, 7) is 24.8. The summed E-state index contributed by atoms with van der Waals surface area (Å²) in [5.41, 5.74) is 20.6. The number of anilines is 1. The van der Waals surface area contributed by atoms with E-state index < -0.39 is 0 Å². The summed E-state index contributed by atoms with van der Waals surface area (Å²) in [5, 5.41) is 15.0. The summed E-state index contributed by atoms with van der Waals surface area (Å²) < 4.78 is 0. The molecule has 0 aromatic heterocycles. The van der Waals surface area contributed by atoms with Crippen molar-refractivity contribution in [2.45, 2.75) is 92.5 Å². The topological polar surface area (TPSA) is 101 Å². The molecule has 0 saturated carbocycles. The van der Waals surface area contributed by atoms with Crippen LogP contribution in [0.25, 0.3) is 17.1 Å². The number of fused-ring (bicyclic) bond motifs is 2. The zero-order chi connectivity index (χ0) is 35.7. The zero-order valence-corrected chi connectivity index (χ0v) is 34.3. The number of nitrogens with zero attached hydrogens (tertiary/aromatic N) is 2. The zero-order valence-electron chi connectivity index (χ0n) is 31.4. The standard InChI is InChI=1S/C18H21N4.C13H23N.C5H11N.C5H11.Y/c1-22-12-13-6-2-3-7-14(13)17(20)18(21-11-10-19)15-8-4-5-9-16(15)22;1-6-7-12(2,3)8-9-13(4,5)10-11-14;1-3-4-5-6-2;1-3-5-4-2;/h2-9,19,21H,10-12,20H2,1H3;6H,1,7-10H2,2-5H3;3,6H,1,4-5H2,2H3;1,3-5H2,2H3;/q-1;;;-1;/b18-17-;;;;. The number of para-hydroxylation sites is 1. The van der Waals surface area contributed by atoms with E-state index in [0.29, 0.717) is 24.9 Å². The van der Waals surface area contributed by atoms with Gasteiger partial charge < -0.3 is 33.9 Å². The first-order valence-corrected chi connectivity index (χ1v) is 17.2. The third-order valence-electron chi connectivity index (χ3n) is 7.93. The Kier molecular flexibility index (Phi) is 27.2. The number of rotatable bonds is 14. The molecule has 0 fully saturated rings. The predicted octanol–water partition coefficient (Wildman–Crippen LogP) is 10.2. The molecule has 2 aromatic carbocycles. The number of allylic oxidation sites excluding steroid dienone is 1. The van der Waals surface area contributed by atoms with Crippen molar-refractivity contribution in [2.75, 3.05) is 38.6 Å². The molecule has 5 N–H and O–H groups in total. The second kappa shape index (κ2) is 27.4. The van der Waals surface area contributed by atoms with Crippen LogP contribution in [0.5, 0.6) is 0 Å². The van der Waals surface area contributed by atoms with E-state index in [-0.39, 0.29) is 38.1 Å². The number of unbranched alkanes of at least 4 members (excludes halogenated alkanes) is 2. The molecule has 265 valence electrons. The summed E-state index contributed by atoms with van der Waals surface area (Å²) in [5.74, 6) is 0. The van der Waals surface area contributed by atoms with Crippen LogP contribution in [0.15, 0.2) is 73.8 Å². The Morgan fingerprint density at radius 1 is 1.00 bits per heavy atom. The first-order valence-electron chi connectivity index (χ1n) is 17.2. The van der Waals surface area contributed by atoms with Gasteiger partial charge in [-0.25, -0.2) is 0 Å². The minimum absolute atomic E-state index is 0. The Bertz CT molecular complexity index is 1230. The first-order chi connectivity index (χ1) is 22.4. The second-order valence-corrected chi connectivity index (χ2v) is 13.5. The molecule has 1 aliphatic rings. The van der Waals surface area contributed by atoms with Gasteiger partial charge in [-0.3, -0.25) is 0 Å². The van der Waals surface area contributed by atoms with Crippen LogP contribution in [-0.2, 0) is 39.3 Å². The average Bonchev–Trinajstić information content (AvgIpc) is 3.04. The molecule has 0 amide bonds. The molecule has 0 unspecified atom stereocenters. The largest absolute Gasteiger partial charge is 0.676 e. The molecule has 6 nitrogen and oxygen atoms in total. The van der Waals surface area contributed by atoms with E-state index in [2.05, 4.69) is 108 Å². The van der Waals surface area contributed by atoms with Gasteiger partial charge in [0.1, 0.15) is 0 Å². The Morgan fingerprint density at radius 3 is 2.10 bits per heavy atom. The van der Waals surface area contributed by atoms with E-state index in [4.69, 9.17) is 16.7 Å². The van der Waals surface area contributed by atoms with Gasteiger partial charge in [0.05, 0.1) is 17.5 Å². The number of nitrogens with two attached hydrogens (primary N) is 1. The Hall–Kier alpha value is -2.43. The molecule has 0 saturated heterocycles. The summed E-state index contributed by atoms with van der Waals surface area (Å²) in [6.07, 6.45) is 12.6. The fraction of sp³-hybridized carbons (Fsp3) is 0.512. The van der Waals surface area contributed by atoms with Gasteiger partial charge >= 0.3 is 0 Å². The SMILES string of the molecule is C=CCC(C)(C)CCC(C)(C)CC#N.C=CCCNC.CN1Cc2ccccc2/C(N)=C(/NCC[NH-])c2ccccc21.[CH2-]CCCC.[Y]. The van der Waals surface area contributed by atoms with E-state index in [9.17, 15) is 0 Å². The molecular weight excluding hydrogens is 665 g/mol. The number of nitriles is 1.